The number of carboxylic acids is 1. The quantitative estimate of drug-likeness (QED) is 0.911. The standard InChI is InChI=1S/C13H13FN2O3/c1-2-15-5-6-16(13(15)19)8-9-7-10(14)3-4-11(9)12(17)18/h3-7H,2,8H2,1H3,(H,17,18). The molecule has 0 aliphatic carbocycles. The van der Waals surface area contributed by atoms with E-state index in [1.54, 1.807) is 12.4 Å². The topological polar surface area (TPSA) is 64.2 Å². The summed E-state index contributed by atoms with van der Waals surface area (Å²) in [4.78, 5) is 22.9. The van der Waals surface area contributed by atoms with Crippen molar-refractivity contribution in [2.24, 2.45) is 0 Å². The third-order valence-electron chi connectivity index (χ3n) is 2.90. The van der Waals surface area contributed by atoms with Crippen molar-refractivity contribution < 1.29 is 14.3 Å². The normalized spacial score (nSPS) is 10.6. The van der Waals surface area contributed by atoms with Crippen LogP contribution in [0.5, 0.6) is 0 Å². The Labute approximate surface area is 108 Å². The van der Waals surface area contributed by atoms with Crippen LogP contribution in [0, 0.1) is 5.82 Å². The number of benzene rings is 1. The van der Waals surface area contributed by atoms with Gasteiger partial charge >= 0.3 is 11.7 Å². The van der Waals surface area contributed by atoms with Gasteiger partial charge in [-0.3, -0.25) is 9.13 Å². The van der Waals surface area contributed by atoms with Gasteiger partial charge in [-0.25, -0.2) is 14.0 Å². The summed E-state index contributed by atoms with van der Waals surface area (Å²) < 4.78 is 16.0. The number of aromatic carboxylic acids is 1. The van der Waals surface area contributed by atoms with Crippen molar-refractivity contribution in [2.45, 2.75) is 20.0 Å². The second kappa shape index (κ2) is 5.09. The summed E-state index contributed by atoms with van der Waals surface area (Å²) >= 11 is 0. The summed E-state index contributed by atoms with van der Waals surface area (Å²) in [6.07, 6.45) is 3.17. The molecule has 19 heavy (non-hydrogen) atoms. The van der Waals surface area contributed by atoms with Gasteiger partial charge in [0.1, 0.15) is 5.82 Å². The number of halogens is 1. The van der Waals surface area contributed by atoms with Gasteiger partial charge in [-0.15, -0.1) is 0 Å². The van der Waals surface area contributed by atoms with E-state index >= 15 is 0 Å². The molecular formula is C13H13FN2O3. The number of aryl methyl sites for hydroxylation is 1. The van der Waals surface area contributed by atoms with Gasteiger partial charge in [0.15, 0.2) is 0 Å². The van der Waals surface area contributed by atoms with Crippen molar-refractivity contribution in [3.63, 3.8) is 0 Å². The number of hydrogen-bond acceptors (Lipinski definition) is 2. The molecule has 0 bridgehead atoms. The average Bonchev–Trinajstić information content (AvgIpc) is 2.70. The predicted molar refractivity (Wildman–Crippen MR) is 66.8 cm³/mol. The third-order valence-corrected chi connectivity index (χ3v) is 2.90. The lowest BCUT2D eigenvalue weighted by Gasteiger charge is -2.06. The lowest BCUT2D eigenvalue weighted by Crippen LogP contribution is -2.24. The highest BCUT2D eigenvalue weighted by Crippen LogP contribution is 2.12. The molecule has 2 aromatic rings. The number of aromatic nitrogens is 2. The van der Waals surface area contributed by atoms with E-state index in [9.17, 15) is 14.0 Å². The van der Waals surface area contributed by atoms with Crippen molar-refractivity contribution in [2.75, 3.05) is 0 Å². The minimum absolute atomic E-state index is 0.00227. The zero-order chi connectivity index (χ0) is 14.0. The number of rotatable bonds is 4. The summed E-state index contributed by atoms with van der Waals surface area (Å²) in [5, 5.41) is 9.04. The monoisotopic (exact) mass is 264 g/mol. The molecule has 0 amide bonds. The van der Waals surface area contributed by atoms with E-state index in [4.69, 9.17) is 5.11 Å². The van der Waals surface area contributed by atoms with Crippen molar-refractivity contribution in [1.29, 1.82) is 0 Å². The molecule has 1 heterocycles. The molecule has 6 heteroatoms. The molecule has 0 radical (unpaired) electrons. The van der Waals surface area contributed by atoms with Crippen LogP contribution in [0.1, 0.15) is 22.8 Å². The zero-order valence-electron chi connectivity index (χ0n) is 10.3. The maximum absolute atomic E-state index is 13.2. The SMILES string of the molecule is CCn1ccn(Cc2cc(F)ccc2C(=O)O)c1=O. The van der Waals surface area contributed by atoms with E-state index < -0.39 is 11.8 Å². The summed E-state index contributed by atoms with van der Waals surface area (Å²) in [6.45, 7) is 2.39. The van der Waals surface area contributed by atoms with Crippen LogP contribution in [0.4, 0.5) is 4.39 Å². The Bertz CT molecular complexity index is 673. The van der Waals surface area contributed by atoms with Gasteiger partial charge in [0, 0.05) is 18.9 Å². The molecule has 1 aromatic heterocycles. The molecule has 0 unspecified atom stereocenters. The van der Waals surface area contributed by atoms with Crippen LogP contribution in [0.3, 0.4) is 0 Å². The molecule has 2 rings (SSSR count). The molecule has 0 saturated carbocycles. The molecular weight excluding hydrogens is 251 g/mol. The fourth-order valence-electron chi connectivity index (χ4n) is 1.90. The van der Waals surface area contributed by atoms with Gasteiger partial charge in [0.05, 0.1) is 12.1 Å². The first-order valence-corrected chi connectivity index (χ1v) is 5.80. The van der Waals surface area contributed by atoms with E-state index in [-0.39, 0.29) is 23.4 Å². The van der Waals surface area contributed by atoms with Gasteiger partial charge in [-0.1, -0.05) is 0 Å². The van der Waals surface area contributed by atoms with Crippen LogP contribution in [0.15, 0.2) is 35.4 Å². The summed E-state index contributed by atoms with van der Waals surface area (Å²) in [5.41, 5.74) is 0.0177. The van der Waals surface area contributed by atoms with Crippen molar-refractivity contribution in [1.82, 2.24) is 9.13 Å². The Morgan fingerprint density at radius 2 is 2.00 bits per heavy atom. The summed E-state index contributed by atoms with van der Waals surface area (Å²) in [7, 11) is 0. The number of nitrogens with zero attached hydrogens (tertiary/aromatic N) is 2. The maximum atomic E-state index is 13.2. The smallest absolute Gasteiger partial charge is 0.336 e. The molecule has 0 aliphatic heterocycles. The average molecular weight is 264 g/mol. The second-order valence-electron chi connectivity index (χ2n) is 4.10. The Balaban J connectivity index is 2.42. The molecule has 1 aromatic carbocycles. The van der Waals surface area contributed by atoms with Crippen molar-refractivity contribution in [3.8, 4) is 0 Å². The van der Waals surface area contributed by atoms with E-state index in [1.807, 2.05) is 6.92 Å². The van der Waals surface area contributed by atoms with Gasteiger partial charge in [0.25, 0.3) is 0 Å². The van der Waals surface area contributed by atoms with E-state index in [0.717, 1.165) is 12.1 Å². The Kier molecular flexibility index (Phi) is 3.50. The van der Waals surface area contributed by atoms with Crippen LogP contribution in [0.2, 0.25) is 0 Å². The Hall–Kier alpha value is -2.37. The predicted octanol–water partition coefficient (Wildman–Crippen LogP) is 1.56. The van der Waals surface area contributed by atoms with Crippen LogP contribution < -0.4 is 5.69 Å². The fraction of sp³-hybridized carbons (Fsp3) is 0.231. The number of imidazole rings is 1. The largest absolute Gasteiger partial charge is 0.478 e. The summed E-state index contributed by atoms with van der Waals surface area (Å²) in [6, 6.07) is 3.43. The highest BCUT2D eigenvalue weighted by atomic mass is 19.1. The first-order valence-electron chi connectivity index (χ1n) is 5.80. The van der Waals surface area contributed by atoms with Gasteiger partial charge in [-0.05, 0) is 30.7 Å². The first kappa shape index (κ1) is 13.1. The van der Waals surface area contributed by atoms with Crippen molar-refractivity contribution >= 4 is 5.97 Å². The summed E-state index contributed by atoms with van der Waals surface area (Å²) in [5.74, 6) is -1.67. The molecule has 5 nitrogen and oxygen atoms in total. The molecule has 1 N–H and O–H groups in total. The third kappa shape index (κ3) is 2.57. The van der Waals surface area contributed by atoms with Gasteiger partial charge < -0.3 is 5.11 Å². The zero-order valence-corrected chi connectivity index (χ0v) is 10.3. The van der Waals surface area contributed by atoms with Crippen LogP contribution >= 0.6 is 0 Å². The second-order valence-corrected chi connectivity index (χ2v) is 4.10. The van der Waals surface area contributed by atoms with E-state index in [2.05, 4.69) is 0 Å². The minimum atomic E-state index is -1.14. The highest BCUT2D eigenvalue weighted by molar-refractivity contribution is 5.89. The molecule has 0 atom stereocenters. The molecule has 0 spiro atoms. The number of carboxylic acid groups (broad SMARTS) is 1. The molecule has 0 fully saturated rings. The van der Waals surface area contributed by atoms with Crippen LogP contribution in [0.25, 0.3) is 0 Å². The number of carbonyl (C=O) groups is 1. The minimum Gasteiger partial charge on any atom is -0.478 e. The maximum Gasteiger partial charge on any atom is 0.336 e. The lowest BCUT2D eigenvalue weighted by molar-refractivity contribution is 0.0695. The lowest BCUT2D eigenvalue weighted by atomic mass is 10.1. The Morgan fingerprint density at radius 3 is 2.58 bits per heavy atom. The Morgan fingerprint density at radius 1 is 1.32 bits per heavy atom. The molecule has 0 saturated heterocycles. The van der Waals surface area contributed by atoms with E-state index in [0.29, 0.717) is 6.54 Å². The van der Waals surface area contributed by atoms with Gasteiger partial charge in [0.2, 0.25) is 0 Å². The highest BCUT2D eigenvalue weighted by Gasteiger charge is 2.12. The molecule has 100 valence electrons. The van der Waals surface area contributed by atoms with E-state index in [1.165, 1.54) is 15.2 Å². The van der Waals surface area contributed by atoms with Crippen LogP contribution in [-0.4, -0.2) is 20.2 Å². The van der Waals surface area contributed by atoms with Crippen LogP contribution in [-0.2, 0) is 13.1 Å². The first-order chi connectivity index (χ1) is 9.02. The van der Waals surface area contributed by atoms with Crippen molar-refractivity contribution in [3.05, 3.63) is 58.0 Å². The molecule has 0 aliphatic rings. The fourth-order valence-corrected chi connectivity index (χ4v) is 1.90. The van der Waals surface area contributed by atoms with Gasteiger partial charge in [-0.2, -0.15) is 0 Å². The number of hydrogen-bond donors (Lipinski definition) is 1.